The summed E-state index contributed by atoms with van der Waals surface area (Å²) in [5.41, 5.74) is 0.926. The van der Waals surface area contributed by atoms with Gasteiger partial charge in [-0.3, -0.25) is 9.59 Å². The van der Waals surface area contributed by atoms with E-state index in [4.69, 9.17) is 4.42 Å². The molecule has 0 radical (unpaired) electrons. The number of nitrogens with one attached hydrogen (secondary N) is 2. The van der Waals surface area contributed by atoms with Gasteiger partial charge in [0.25, 0.3) is 0 Å². The van der Waals surface area contributed by atoms with Crippen LogP contribution < -0.4 is 5.32 Å². The lowest BCUT2D eigenvalue weighted by Crippen LogP contribution is -2.43. The van der Waals surface area contributed by atoms with Crippen LogP contribution in [0.1, 0.15) is 35.5 Å². The fraction of sp³-hybridized carbons (Fsp3) is 0.286. The fourth-order valence-electron chi connectivity index (χ4n) is 3.60. The van der Waals surface area contributed by atoms with Gasteiger partial charge in [0.15, 0.2) is 0 Å². The van der Waals surface area contributed by atoms with Crippen LogP contribution in [0.15, 0.2) is 65.5 Å². The minimum absolute atomic E-state index is 0.139. The molecule has 2 amide bonds. The average molecular weight is 378 g/mol. The van der Waals surface area contributed by atoms with Gasteiger partial charge in [-0.25, -0.2) is 4.98 Å². The Balaban J connectivity index is 1.43. The minimum atomic E-state index is -0.597. The quantitative estimate of drug-likeness (QED) is 0.667. The molecule has 3 heterocycles. The number of amides is 2. The second-order valence-electron chi connectivity index (χ2n) is 6.93. The molecule has 7 heteroatoms. The van der Waals surface area contributed by atoms with Crippen LogP contribution in [0, 0.1) is 0 Å². The molecule has 4 rings (SSSR count). The topological polar surface area (TPSA) is 91.2 Å². The molecule has 0 saturated carbocycles. The van der Waals surface area contributed by atoms with Crippen LogP contribution in [-0.2, 0) is 16.0 Å². The molecule has 2 atom stereocenters. The van der Waals surface area contributed by atoms with E-state index in [0.29, 0.717) is 19.5 Å². The second kappa shape index (κ2) is 8.12. The third kappa shape index (κ3) is 3.98. The number of carbonyl (C=O) groups is 2. The van der Waals surface area contributed by atoms with Gasteiger partial charge in [0, 0.05) is 37.8 Å². The Hall–Kier alpha value is -3.35. The predicted octanol–water partition coefficient (Wildman–Crippen LogP) is 2.42. The number of imidazole rings is 1. The summed E-state index contributed by atoms with van der Waals surface area (Å²) >= 11 is 0. The molecule has 7 nitrogen and oxygen atoms in total. The molecule has 2 unspecified atom stereocenters. The lowest BCUT2D eigenvalue weighted by atomic mass is 10.0. The van der Waals surface area contributed by atoms with Crippen LogP contribution in [0.4, 0.5) is 0 Å². The number of likely N-dealkylation sites (tertiary alicyclic amines) is 1. The molecular formula is C21H22N4O3. The van der Waals surface area contributed by atoms with Crippen molar-refractivity contribution in [2.45, 2.75) is 24.8 Å². The second-order valence-corrected chi connectivity index (χ2v) is 6.93. The smallest absolute Gasteiger partial charge is 0.311 e. The Kier molecular flexibility index (Phi) is 5.23. The molecule has 2 N–H and O–H groups in total. The molecule has 1 aliphatic heterocycles. The molecule has 1 saturated heterocycles. The van der Waals surface area contributed by atoms with Crippen molar-refractivity contribution >= 4 is 11.8 Å². The zero-order valence-corrected chi connectivity index (χ0v) is 15.4. The van der Waals surface area contributed by atoms with E-state index in [1.54, 1.807) is 23.6 Å². The molecule has 1 aromatic carbocycles. The summed E-state index contributed by atoms with van der Waals surface area (Å²) in [5, 5.41) is 2.88. The van der Waals surface area contributed by atoms with Gasteiger partial charge in [0.1, 0.15) is 11.6 Å². The van der Waals surface area contributed by atoms with Crippen molar-refractivity contribution in [3.05, 3.63) is 78.3 Å². The maximum atomic E-state index is 12.7. The van der Waals surface area contributed by atoms with Crippen LogP contribution in [0.5, 0.6) is 0 Å². The van der Waals surface area contributed by atoms with E-state index in [-0.39, 0.29) is 12.0 Å². The van der Waals surface area contributed by atoms with Gasteiger partial charge in [-0.05, 0) is 24.1 Å². The summed E-state index contributed by atoms with van der Waals surface area (Å²) in [4.78, 5) is 34.2. The van der Waals surface area contributed by atoms with Crippen molar-refractivity contribution in [2.24, 2.45) is 0 Å². The van der Waals surface area contributed by atoms with E-state index in [2.05, 4.69) is 15.3 Å². The number of benzene rings is 1. The van der Waals surface area contributed by atoms with Crippen LogP contribution in [-0.4, -0.2) is 39.8 Å². The lowest BCUT2D eigenvalue weighted by Gasteiger charge is -2.21. The van der Waals surface area contributed by atoms with E-state index in [1.165, 1.54) is 0 Å². The number of H-pyrrole nitrogens is 1. The third-order valence-electron chi connectivity index (χ3n) is 5.07. The first-order chi connectivity index (χ1) is 13.7. The summed E-state index contributed by atoms with van der Waals surface area (Å²) in [6, 6.07) is 13.0. The van der Waals surface area contributed by atoms with E-state index in [9.17, 15) is 9.59 Å². The van der Waals surface area contributed by atoms with Crippen molar-refractivity contribution in [1.29, 1.82) is 0 Å². The van der Waals surface area contributed by atoms with E-state index >= 15 is 0 Å². The van der Waals surface area contributed by atoms with Crippen molar-refractivity contribution in [3.63, 3.8) is 0 Å². The van der Waals surface area contributed by atoms with E-state index in [1.807, 2.05) is 42.5 Å². The summed E-state index contributed by atoms with van der Waals surface area (Å²) in [7, 11) is 0. The third-order valence-corrected chi connectivity index (χ3v) is 5.07. The SMILES string of the molecule is O=C(NC(Cc1ncc[nH]1)c1ccccc1)C(=O)N1CCC(c2ccco2)C1. The summed E-state index contributed by atoms with van der Waals surface area (Å²) in [6.07, 6.45) is 6.31. The van der Waals surface area contributed by atoms with Gasteiger partial charge in [-0.15, -0.1) is 0 Å². The Morgan fingerprint density at radius 1 is 1.25 bits per heavy atom. The zero-order chi connectivity index (χ0) is 19.3. The van der Waals surface area contributed by atoms with Crippen LogP contribution in [0.25, 0.3) is 0 Å². The lowest BCUT2D eigenvalue weighted by molar-refractivity contribution is -0.145. The monoisotopic (exact) mass is 378 g/mol. The number of rotatable bonds is 5. The Bertz CT molecular complexity index is 907. The van der Waals surface area contributed by atoms with Gasteiger partial charge < -0.3 is 19.6 Å². The largest absolute Gasteiger partial charge is 0.469 e. The number of aromatic nitrogens is 2. The highest BCUT2D eigenvalue weighted by Crippen LogP contribution is 2.27. The highest BCUT2D eigenvalue weighted by molar-refractivity contribution is 6.35. The maximum absolute atomic E-state index is 12.7. The first kappa shape index (κ1) is 18.0. The molecule has 28 heavy (non-hydrogen) atoms. The standard InChI is InChI=1S/C21H22N4O3/c26-20(21(27)25-11-8-16(14-25)18-7-4-12-28-18)24-17(13-19-22-9-10-23-19)15-5-2-1-3-6-15/h1-7,9-10,12,16-17H,8,11,13-14H2,(H,22,23)(H,24,26). The molecular weight excluding hydrogens is 356 g/mol. The van der Waals surface area contributed by atoms with E-state index < -0.39 is 11.8 Å². The summed E-state index contributed by atoms with van der Waals surface area (Å²) < 4.78 is 5.44. The molecule has 0 aliphatic carbocycles. The number of nitrogens with zero attached hydrogens (tertiary/aromatic N) is 2. The van der Waals surface area contributed by atoms with Crippen molar-refractivity contribution < 1.29 is 14.0 Å². The molecule has 3 aromatic rings. The summed E-state index contributed by atoms with van der Waals surface area (Å²) in [6.45, 7) is 1.04. The average Bonchev–Trinajstić information content (AvgIpc) is 3.49. The van der Waals surface area contributed by atoms with Crippen LogP contribution >= 0.6 is 0 Å². The highest BCUT2D eigenvalue weighted by atomic mass is 16.3. The van der Waals surface area contributed by atoms with Gasteiger partial charge >= 0.3 is 11.8 Å². The number of hydrogen-bond donors (Lipinski definition) is 2. The van der Waals surface area contributed by atoms with Gasteiger partial charge in [0.2, 0.25) is 0 Å². The fourth-order valence-corrected chi connectivity index (χ4v) is 3.60. The zero-order valence-electron chi connectivity index (χ0n) is 15.4. The van der Waals surface area contributed by atoms with Gasteiger partial charge in [-0.1, -0.05) is 30.3 Å². The molecule has 0 bridgehead atoms. The first-order valence-corrected chi connectivity index (χ1v) is 9.37. The molecule has 1 aliphatic rings. The first-order valence-electron chi connectivity index (χ1n) is 9.37. The van der Waals surface area contributed by atoms with Crippen molar-refractivity contribution in [2.75, 3.05) is 13.1 Å². The molecule has 1 fully saturated rings. The molecule has 2 aromatic heterocycles. The predicted molar refractivity (Wildman–Crippen MR) is 102 cm³/mol. The molecule has 0 spiro atoms. The number of hydrogen-bond acceptors (Lipinski definition) is 4. The maximum Gasteiger partial charge on any atom is 0.311 e. The highest BCUT2D eigenvalue weighted by Gasteiger charge is 2.33. The van der Waals surface area contributed by atoms with Gasteiger partial charge in [-0.2, -0.15) is 0 Å². The number of carbonyl (C=O) groups excluding carboxylic acids is 2. The normalized spacial score (nSPS) is 17.4. The van der Waals surface area contributed by atoms with E-state index in [0.717, 1.165) is 23.6 Å². The summed E-state index contributed by atoms with van der Waals surface area (Å²) in [5.74, 6) is 0.645. The molecule has 144 valence electrons. The minimum Gasteiger partial charge on any atom is -0.469 e. The Morgan fingerprint density at radius 3 is 2.82 bits per heavy atom. The van der Waals surface area contributed by atoms with Crippen molar-refractivity contribution in [3.8, 4) is 0 Å². The van der Waals surface area contributed by atoms with Gasteiger partial charge in [0.05, 0.1) is 12.3 Å². The Labute approximate surface area is 162 Å². The Morgan fingerprint density at radius 2 is 2.11 bits per heavy atom. The number of aromatic amines is 1. The number of furan rings is 1. The van der Waals surface area contributed by atoms with Crippen LogP contribution in [0.2, 0.25) is 0 Å². The van der Waals surface area contributed by atoms with Crippen LogP contribution in [0.3, 0.4) is 0 Å². The van der Waals surface area contributed by atoms with Crippen molar-refractivity contribution in [1.82, 2.24) is 20.2 Å².